The second-order valence-electron chi connectivity index (χ2n) is 7.77. The van der Waals surface area contributed by atoms with Crippen molar-refractivity contribution in [2.45, 2.75) is 50.5 Å². The van der Waals surface area contributed by atoms with E-state index in [1.165, 1.54) is 0 Å². The molecule has 1 aliphatic heterocycles. The maximum absolute atomic E-state index is 13.3. The molecule has 1 atom stereocenters. The SMILES string of the molecule is Cc1ccccc1C1(C(=O)NNC(=O)C2COc3ccccc3O2)CCCCC1. The number of fused-ring (bicyclic) bond motifs is 1. The maximum atomic E-state index is 13.3. The molecule has 0 saturated heterocycles. The minimum Gasteiger partial charge on any atom is -0.485 e. The number of amides is 2. The number of hydrogen-bond donors (Lipinski definition) is 2. The summed E-state index contributed by atoms with van der Waals surface area (Å²) in [6, 6.07) is 15.2. The molecule has 4 rings (SSSR count). The van der Waals surface area contributed by atoms with E-state index in [4.69, 9.17) is 9.47 Å². The Balaban J connectivity index is 1.45. The van der Waals surface area contributed by atoms with Crippen molar-refractivity contribution in [3.05, 3.63) is 59.7 Å². The van der Waals surface area contributed by atoms with Crippen LogP contribution in [0.2, 0.25) is 0 Å². The van der Waals surface area contributed by atoms with E-state index in [1.54, 1.807) is 12.1 Å². The molecule has 2 aliphatic rings. The molecule has 1 fully saturated rings. The molecule has 0 aromatic heterocycles. The Labute approximate surface area is 170 Å². The van der Waals surface area contributed by atoms with Crippen molar-refractivity contribution in [2.24, 2.45) is 0 Å². The quantitative estimate of drug-likeness (QED) is 0.784. The van der Waals surface area contributed by atoms with Gasteiger partial charge in [0.25, 0.3) is 5.91 Å². The zero-order valence-electron chi connectivity index (χ0n) is 16.6. The summed E-state index contributed by atoms with van der Waals surface area (Å²) in [6.07, 6.45) is 3.84. The molecule has 2 N–H and O–H groups in total. The normalized spacial score (nSPS) is 19.8. The van der Waals surface area contributed by atoms with E-state index in [0.29, 0.717) is 11.5 Å². The molecule has 1 saturated carbocycles. The summed E-state index contributed by atoms with van der Waals surface area (Å²) in [5.74, 6) is 0.538. The van der Waals surface area contributed by atoms with Crippen LogP contribution >= 0.6 is 0 Å². The molecular weight excluding hydrogens is 368 g/mol. The molecule has 0 bridgehead atoms. The molecule has 6 heteroatoms. The summed E-state index contributed by atoms with van der Waals surface area (Å²) in [6.45, 7) is 2.13. The van der Waals surface area contributed by atoms with Crippen LogP contribution < -0.4 is 20.3 Å². The Morgan fingerprint density at radius 2 is 1.62 bits per heavy atom. The van der Waals surface area contributed by atoms with E-state index in [9.17, 15) is 9.59 Å². The fourth-order valence-electron chi connectivity index (χ4n) is 4.35. The molecule has 0 radical (unpaired) electrons. The zero-order chi connectivity index (χ0) is 20.3. The first-order chi connectivity index (χ1) is 14.1. The van der Waals surface area contributed by atoms with Crippen LogP contribution in [0.3, 0.4) is 0 Å². The molecule has 152 valence electrons. The molecule has 1 unspecified atom stereocenters. The number of carbonyl (C=O) groups is 2. The van der Waals surface area contributed by atoms with Gasteiger partial charge in [-0.05, 0) is 43.0 Å². The average molecular weight is 394 g/mol. The van der Waals surface area contributed by atoms with Crippen LogP contribution in [0.5, 0.6) is 11.5 Å². The number of nitrogens with one attached hydrogen (secondary N) is 2. The monoisotopic (exact) mass is 394 g/mol. The minimum absolute atomic E-state index is 0.0989. The average Bonchev–Trinajstić information content (AvgIpc) is 2.77. The summed E-state index contributed by atoms with van der Waals surface area (Å²) in [5, 5.41) is 0. The van der Waals surface area contributed by atoms with Gasteiger partial charge in [-0.2, -0.15) is 0 Å². The van der Waals surface area contributed by atoms with Crippen LogP contribution in [0.25, 0.3) is 0 Å². The van der Waals surface area contributed by atoms with Gasteiger partial charge in [0.2, 0.25) is 12.0 Å². The third-order valence-electron chi connectivity index (χ3n) is 5.90. The molecule has 2 amide bonds. The highest BCUT2D eigenvalue weighted by atomic mass is 16.6. The molecule has 2 aromatic carbocycles. The molecule has 0 spiro atoms. The Morgan fingerprint density at radius 3 is 2.38 bits per heavy atom. The van der Waals surface area contributed by atoms with Crippen LogP contribution in [-0.4, -0.2) is 24.5 Å². The lowest BCUT2D eigenvalue weighted by atomic mass is 9.67. The molecule has 1 heterocycles. The van der Waals surface area contributed by atoms with E-state index in [2.05, 4.69) is 10.9 Å². The lowest BCUT2D eigenvalue weighted by Crippen LogP contribution is -2.56. The van der Waals surface area contributed by atoms with Crippen LogP contribution in [0.15, 0.2) is 48.5 Å². The van der Waals surface area contributed by atoms with Crippen molar-refractivity contribution in [3.63, 3.8) is 0 Å². The predicted molar refractivity (Wildman–Crippen MR) is 109 cm³/mol. The van der Waals surface area contributed by atoms with E-state index in [0.717, 1.165) is 43.2 Å². The van der Waals surface area contributed by atoms with Crippen molar-refractivity contribution in [1.29, 1.82) is 0 Å². The first kappa shape index (κ1) is 19.3. The topological polar surface area (TPSA) is 76.7 Å². The Hall–Kier alpha value is -3.02. The smallest absolute Gasteiger partial charge is 0.283 e. The standard InChI is InChI=1S/C23H26N2O4/c1-16-9-3-4-10-17(16)23(13-7-2-8-14-23)22(27)25-24-21(26)20-15-28-18-11-5-6-12-19(18)29-20/h3-6,9-12,20H,2,7-8,13-15H2,1H3,(H,24,26)(H,25,27). The van der Waals surface area contributed by atoms with Crippen molar-refractivity contribution in [3.8, 4) is 11.5 Å². The maximum Gasteiger partial charge on any atom is 0.283 e. The Kier molecular flexibility index (Phi) is 5.43. The van der Waals surface area contributed by atoms with Gasteiger partial charge in [0.1, 0.15) is 6.61 Å². The number of para-hydroxylation sites is 2. The van der Waals surface area contributed by atoms with Gasteiger partial charge in [0, 0.05) is 0 Å². The molecule has 29 heavy (non-hydrogen) atoms. The van der Waals surface area contributed by atoms with Crippen molar-refractivity contribution < 1.29 is 19.1 Å². The first-order valence-corrected chi connectivity index (χ1v) is 10.1. The van der Waals surface area contributed by atoms with Crippen LogP contribution in [0.4, 0.5) is 0 Å². The van der Waals surface area contributed by atoms with Crippen molar-refractivity contribution in [2.75, 3.05) is 6.61 Å². The largest absolute Gasteiger partial charge is 0.485 e. The summed E-state index contributed by atoms with van der Waals surface area (Å²) >= 11 is 0. The fourth-order valence-corrected chi connectivity index (χ4v) is 4.35. The summed E-state index contributed by atoms with van der Waals surface area (Å²) in [4.78, 5) is 25.8. The van der Waals surface area contributed by atoms with Gasteiger partial charge < -0.3 is 9.47 Å². The Morgan fingerprint density at radius 1 is 0.931 bits per heavy atom. The predicted octanol–water partition coefficient (Wildman–Crippen LogP) is 3.18. The van der Waals surface area contributed by atoms with Gasteiger partial charge in [0.15, 0.2) is 11.5 Å². The highest BCUT2D eigenvalue weighted by molar-refractivity contribution is 5.91. The molecular formula is C23H26N2O4. The van der Waals surface area contributed by atoms with Crippen LogP contribution in [0, 0.1) is 6.92 Å². The van der Waals surface area contributed by atoms with Gasteiger partial charge in [-0.25, -0.2) is 0 Å². The summed E-state index contributed by atoms with van der Waals surface area (Å²) in [7, 11) is 0. The van der Waals surface area contributed by atoms with Crippen molar-refractivity contribution in [1.82, 2.24) is 10.9 Å². The number of hydrazine groups is 1. The number of hydrogen-bond acceptors (Lipinski definition) is 4. The lowest BCUT2D eigenvalue weighted by molar-refractivity contribution is -0.137. The fraction of sp³-hybridized carbons (Fsp3) is 0.391. The van der Waals surface area contributed by atoms with Gasteiger partial charge in [-0.3, -0.25) is 20.4 Å². The van der Waals surface area contributed by atoms with E-state index in [-0.39, 0.29) is 12.5 Å². The van der Waals surface area contributed by atoms with Crippen LogP contribution in [0.1, 0.15) is 43.2 Å². The summed E-state index contributed by atoms with van der Waals surface area (Å²) in [5.41, 5.74) is 6.73. The van der Waals surface area contributed by atoms with E-state index < -0.39 is 17.4 Å². The van der Waals surface area contributed by atoms with E-state index in [1.807, 2.05) is 43.3 Å². The molecule has 1 aliphatic carbocycles. The second kappa shape index (κ2) is 8.15. The van der Waals surface area contributed by atoms with Gasteiger partial charge in [0.05, 0.1) is 5.41 Å². The molecule has 2 aromatic rings. The third kappa shape index (κ3) is 3.79. The number of benzene rings is 2. The third-order valence-corrected chi connectivity index (χ3v) is 5.90. The van der Waals surface area contributed by atoms with Crippen LogP contribution in [-0.2, 0) is 15.0 Å². The number of rotatable bonds is 3. The second-order valence-corrected chi connectivity index (χ2v) is 7.77. The van der Waals surface area contributed by atoms with Gasteiger partial charge in [-0.1, -0.05) is 55.7 Å². The highest BCUT2D eigenvalue weighted by Gasteiger charge is 2.42. The number of carbonyl (C=O) groups excluding carboxylic acids is 2. The number of aryl methyl sites for hydroxylation is 1. The number of ether oxygens (including phenoxy) is 2. The zero-order valence-corrected chi connectivity index (χ0v) is 16.6. The highest BCUT2D eigenvalue weighted by Crippen LogP contribution is 2.41. The molecule has 6 nitrogen and oxygen atoms in total. The Bertz CT molecular complexity index is 905. The van der Waals surface area contributed by atoms with Gasteiger partial charge >= 0.3 is 0 Å². The lowest BCUT2D eigenvalue weighted by Gasteiger charge is -2.37. The first-order valence-electron chi connectivity index (χ1n) is 10.1. The minimum atomic E-state index is -0.814. The summed E-state index contributed by atoms with van der Waals surface area (Å²) < 4.78 is 11.3. The van der Waals surface area contributed by atoms with Crippen molar-refractivity contribution >= 4 is 11.8 Å². The van der Waals surface area contributed by atoms with E-state index >= 15 is 0 Å². The van der Waals surface area contributed by atoms with Gasteiger partial charge in [-0.15, -0.1) is 0 Å².